The number of hydrogen-bond acceptors (Lipinski definition) is 7. The third-order valence-electron chi connectivity index (χ3n) is 2.23. The van der Waals surface area contributed by atoms with Crippen LogP contribution in [0.25, 0.3) is 0 Å². The monoisotopic (exact) mass is 282 g/mol. The Morgan fingerprint density at radius 3 is 3.00 bits per heavy atom. The number of aryl methyl sites for hydroxylation is 1. The van der Waals surface area contributed by atoms with Crippen molar-refractivity contribution in [3.05, 3.63) is 12.5 Å². The molecule has 0 unspecified atom stereocenters. The van der Waals surface area contributed by atoms with Gasteiger partial charge in [-0.15, -0.1) is 10.2 Å². The fourth-order valence-electron chi connectivity index (χ4n) is 1.23. The lowest BCUT2D eigenvalue weighted by atomic mass is 10.4. The van der Waals surface area contributed by atoms with Gasteiger partial charge in [0.25, 0.3) is 6.20 Å². The van der Waals surface area contributed by atoms with Crippen LogP contribution in [0.1, 0.15) is 19.9 Å². The SMILES string of the molecule is CC(C)[n+]1cc(/N=C(\[O-])CSc2nncn2C)on1. The van der Waals surface area contributed by atoms with Gasteiger partial charge < -0.3 is 9.67 Å². The lowest BCUT2D eigenvalue weighted by Gasteiger charge is -2.07. The van der Waals surface area contributed by atoms with Crippen LogP contribution in [0.4, 0.5) is 5.88 Å². The highest BCUT2D eigenvalue weighted by Crippen LogP contribution is 2.14. The van der Waals surface area contributed by atoms with Gasteiger partial charge in [0.15, 0.2) is 11.2 Å². The third kappa shape index (κ3) is 3.53. The normalized spacial score (nSPS) is 12.3. The van der Waals surface area contributed by atoms with Crippen molar-refractivity contribution in [3.8, 4) is 0 Å². The Labute approximate surface area is 114 Å². The predicted molar refractivity (Wildman–Crippen MR) is 65.9 cm³/mol. The average Bonchev–Trinajstić information content (AvgIpc) is 2.96. The van der Waals surface area contributed by atoms with E-state index in [2.05, 4.69) is 20.5 Å². The van der Waals surface area contributed by atoms with Crippen LogP contribution in [0.3, 0.4) is 0 Å². The molecule has 2 aromatic rings. The number of nitrogens with zero attached hydrogens (tertiary/aromatic N) is 6. The average molecular weight is 282 g/mol. The molecular formula is C10H14N6O2S. The van der Waals surface area contributed by atoms with Crippen LogP contribution in [0.5, 0.6) is 0 Å². The summed E-state index contributed by atoms with van der Waals surface area (Å²) in [7, 11) is 1.81. The van der Waals surface area contributed by atoms with Gasteiger partial charge in [-0.05, 0) is 24.4 Å². The van der Waals surface area contributed by atoms with Crippen molar-refractivity contribution >= 4 is 23.5 Å². The van der Waals surface area contributed by atoms with Gasteiger partial charge >= 0.3 is 5.88 Å². The molecule has 8 nitrogen and oxygen atoms in total. The van der Waals surface area contributed by atoms with Crippen molar-refractivity contribution in [2.24, 2.45) is 12.0 Å². The Kier molecular flexibility index (Phi) is 4.15. The molecule has 0 saturated carbocycles. The number of rotatable bonds is 5. The van der Waals surface area contributed by atoms with Crippen LogP contribution in [0, 0.1) is 0 Å². The van der Waals surface area contributed by atoms with Gasteiger partial charge in [-0.1, -0.05) is 11.8 Å². The molecule has 0 aromatic carbocycles. The van der Waals surface area contributed by atoms with E-state index in [1.54, 1.807) is 21.8 Å². The van der Waals surface area contributed by atoms with Gasteiger partial charge in [0, 0.05) is 12.8 Å². The van der Waals surface area contributed by atoms with E-state index in [0.29, 0.717) is 5.16 Å². The van der Waals surface area contributed by atoms with Gasteiger partial charge in [-0.2, -0.15) is 0 Å². The first-order valence-corrected chi connectivity index (χ1v) is 6.64. The van der Waals surface area contributed by atoms with Gasteiger partial charge in [-0.3, -0.25) is 4.52 Å². The maximum Gasteiger partial charge on any atom is 0.320 e. The van der Waals surface area contributed by atoms with Crippen molar-refractivity contribution in [2.75, 3.05) is 5.75 Å². The van der Waals surface area contributed by atoms with Crippen LogP contribution in [0.2, 0.25) is 0 Å². The summed E-state index contributed by atoms with van der Waals surface area (Å²) in [6.45, 7) is 3.91. The molecule has 2 heterocycles. The molecule has 0 amide bonds. The van der Waals surface area contributed by atoms with E-state index in [1.165, 1.54) is 11.8 Å². The Hall–Kier alpha value is -1.90. The zero-order valence-electron chi connectivity index (χ0n) is 10.8. The molecular weight excluding hydrogens is 268 g/mol. The van der Waals surface area contributed by atoms with Gasteiger partial charge in [-0.25, -0.2) is 4.99 Å². The molecule has 0 atom stereocenters. The van der Waals surface area contributed by atoms with Gasteiger partial charge in [0.2, 0.25) is 5.27 Å². The highest BCUT2D eigenvalue weighted by molar-refractivity contribution is 7.99. The summed E-state index contributed by atoms with van der Waals surface area (Å²) in [6.07, 6.45) is 3.17. The molecule has 2 aromatic heterocycles. The minimum absolute atomic E-state index is 0.163. The van der Waals surface area contributed by atoms with Crippen LogP contribution in [-0.4, -0.2) is 31.7 Å². The molecule has 0 saturated heterocycles. The fraction of sp³-hybridized carbons (Fsp3) is 0.500. The first-order valence-electron chi connectivity index (χ1n) is 5.65. The van der Waals surface area contributed by atoms with Crippen molar-refractivity contribution < 1.29 is 14.3 Å². The quantitative estimate of drug-likeness (QED) is 0.327. The topological polar surface area (TPSA) is 96.0 Å². The standard InChI is InChI=1S/C10H14N6O2S/c1-7(2)16-4-9(18-14-16)12-8(17)5-19-10-13-11-6-15(10)3/h4,6-7H,5H2,1-3H3. The number of aromatic nitrogens is 5. The Bertz CT molecular complexity index is 576. The smallest absolute Gasteiger partial charge is 0.320 e. The Morgan fingerprint density at radius 2 is 2.42 bits per heavy atom. The molecule has 0 spiro atoms. The summed E-state index contributed by atoms with van der Waals surface area (Å²) in [5.74, 6) is 0.0758. The van der Waals surface area contributed by atoms with Crippen LogP contribution in [0.15, 0.2) is 27.2 Å². The summed E-state index contributed by atoms with van der Waals surface area (Å²) in [6, 6.07) is 0.163. The largest absolute Gasteiger partial charge is 0.861 e. The minimum atomic E-state index is -0.306. The van der Waals surface area contributed by atoms with Crippen LogP contribution >= 0.6 is 11.8 Å². The zero-order valence-corrected chi connectivity index (χ0v) is 11.7. The van der Waals surface area contributed by atoms with Crippen molar-refractivity contribution in [1.82, 2.24) is 20.0 Å². The van der Waals surface area contributed by atoms with E-state index >= 15 is 0 Å². The molecule has 0 bridgehead atoms. The fourth-order valence-corrected chi connectivity index (χ4v) is 1.90. The zero-order chi connectivity index (χ0) is 13.8. The van der Waals surface area contributed by atoms with E-state index in [9.17, 15) is 5.11 Å². The van der Waals surface area contributed by atoms with Gasteiger partial charge in [0.05, 0.1) is 0 Å². The van der Waals surface area contributed by atoms with Crippen molar-refractivity contribution in [2.45, 2.75) is 25.0 Å². The maximum absolute atomic E-state index is 11.7. The van der Waals surface area contributed by atoms with Crippen molar-refractivity contribution in [3.63, 3.8) is 0 Å². The van der Waals surface area contributed by atoms with Gasteiger partial charge in [0.1, 0.15) is 6.33 Å². The summed E-state index contributed by atoms with van der Waals surface area (Å²) in [5, 5.41) is 23.7. The highest BCUT2D eigenvalue weighted by atomic mass is 32.2. The molecule has 0 aliphatic rings. The lowest BCUT2D eigenvalue weighted by molar-refractivity contribution is -0.779. The molecule has 0 fully saturated rings. The summed E-state index contributed by atoms with van der Waals surface area (Å²) >= 11 is 1.27. The molecule has 0 aliphatic carbocycles. The van der Waals surface area contributed by atoms with E-state index in [4.69, 9.17) is 4.52 Å². The van der Waals surface area contributed by atoms with E-state index in [-0.39, 0.29) is 23.6 Å². The maximum atomic E-state index is 11.7. The van der Waals surface area contributed by atoms with E-state index < -0.39 is 0 Å². The van der Waals surface area contributed by atoms with Crippen LogP contribution < -0.4 is 9.79 Å². The summed E-state index contributed by atoms with van der Waals surface area (Å²) in [5.41, 5.74) is 0. The Balaban J connectivity index is 1.96. The van der Waals surface area contributed by atoms with Crippen LogP contribution in [-0.2, 0) is 7.05 Å². The minimum Gasteiger partial charge on any atom is -0.861 e. The summed E-state index contributed by atoms with van der Waals surface area (Å²) in [4.78, 5) is 3.82. The van der Waals surface area contributed by atoms with E-state index in [0.717, 1.165) is 0 Å². The first-order chi connectivity index (χ1) is 9.06. The number of aliphatic imine (C=N–C) groups is 1. The molecule has 102 valence electrons. The summed E-state index contributed by atoms with van der Waals surface area (Å²) < 4.78 is 8.27. The molecule has 2 rings (SSSR count). The molecule has 0 N–H and O–H groups in total. The second-order valence-electron chi connectivity index (χ2n) is 4.13. The highest BCUT2D eigenvalue weighted by Gasteiger charge is 2.13. The predicted octanol–water partition coefficient (Wildman–Crippen LogP) is -0.146. The Morgan fingerprint density at radius 1 is 1.63 bits per heavy atom. The van der Waals surface area contributed by atoms with Crippen molar-refractivity contribution in [1.29, 1.82) is 0 Å². The first kappa shape index (κ1) is 13.5. The number of thioether (sulfide) groups is 1. The molecule has 0 aliphatic heterocycles. The third-order valence-corrected chi connectivity index (χ3v) is 3.25. The lowest BCUT2D eigenvalue weighted by Crippen LogP contribution is -2.36. The molecule has 0 radical (unpaired) electrons. The molecule has 19 heavy (non-hydrogen) atoms. The second-order valence-corrected chi connectivity index (χ2v) is 5.08. The van der Waals surface area contributed by atoms with E-state index in [1.807, 2.05) is 20.9 Å². The molecule has 9 heteroatoms. The second kappa shape index (κ2) is 5.83. The number of hydrogen-bond donors (Lipinski definition) is 0.